The molecule has 3 aromatic heterocycles. The first-order valence-corrected chi connectivity index (χ1v) is 9.42. The van der Waals surface area contributed by atoms with Gasteiger partial charge in [-0.15, -0.1) is 10.2 Å². The van der Waals surface area contributed by atoms with Gasteiger partial charge in [-0.25, -0.2) is 5.43 Å². The van der Waals surface area contributed by atoms with Crippen molar-refractivity contribution in [3.63, 3.8) is 0 Å². The summed E-state index contributed by atoms with van der Waals surface area (Å²) in [7, 11) is 0. The molecule has 0 saturated heterocycles. The smallest absolute Gasteiger partial charge is 0.269 e. The van der Waals surface area contributed by atoms with Crippen molar-refractivity contribution >= 4 is 39.9 Å². The zero-order chi connectivity index (χ0) is 21.4. The van der Waals surface area contributed by atoms with E-state index < -0.39 is 4.92 Å². The van der Waals surface area contributed by atoms with E-state index in [0.717, 1.165) is 27.8 Å². The van der Waals surface area contributed by atoms with Crippen molar-refractivity contribution in [2.75, 3.05) is 5.43 Å². The molecule has 0 aliphatic heterocycles. The Morgan fingerprint density at radius 2 is 2.00 bits per heavy atom. The van der Waals surface area contributed by atoms with E-state index in [1.165, 1.54) is 12.1 Å². The van der Waals surface area contributed by atoms with Gasteiger partial charge >= 0.3 is 0 Å². The zero-order valence-corrected chi connectivity index (χ0v) is 16.4. The normalized spacial score (nSPS) is 11.5. The fourth-order valence-corrected chi connectivity index (χ4v) is 3.36. The van der Waals surface area contributed by atoms with Crippen molar-refractivity contribution in [3.8, 4) is 5.69 Å². The van der Waals surface area contributed by atoms with Crippen LogP contribution in [0.3, 0.4) is 0 Å². The number of aromatic amines is 1. The number of hydrogen-bond donors (Lipinski definition) is 2. The Morgan fingerprint density at radius 1 is 1.16 bits per heavy atom. The van der Waals surface area contributed by atoms with Crippen molar-refractivity contribution in [2.45, 2.75) is 6.92 Å². The fourth-order valence-electron chi connectivity index (χ4n) is 3.36. The second kappa shape index (κ2) is 7.34. The van der Waals surface area contributed by atoms with E-state index >= 15 is 0 Å². The number of nitro benzene ring substituents is 1. The molecule has 31 heavy (non-hydrogen) atoms. The summed E-state index contributed by atoms with van der Waals surface area (Å²) < 4.78 is 1.86. The van der Waals surface area contributed by atoms with Gasteiger partial charge in [0.1, 0.15) is 5.52 Å². The molecular weight excluding hydrogens is 396 g/mol. The predicted molar refractivity (Wildman–Crippen MR) is 118 cm³/mol. The second-order valence-electron chi connectivity index (χ2n) is 6.95. The Kier molecular flexibility index (Phi) is 4.36. The minimum absolute atomic E-state index is 0.0416. The van der Waals surface area contributed by atoms with Crippen LogP contribution in [0, 0.1) is 17.0 Å². The first-order chi connectivity index (χ1) is 15.1. The maximum atomic E-state index is 10.8. The highest BCUT2D eigenvalue weighted by atomic mass is 16.6. The van der Waals surface area contributed by atoms with Crippen molar-refractivity contribution < 1.29 is 4.92 Å². The number of hydrogen-bond acceptors (Lipinski definition) is 7. The van der Waals surface area contributed by atoms with Gasteiger partial charge in [-0.05, 0) is 43.3 Å². The van der Waals surface area contributed by atoms with Gasteiger partial charge < -0.3 is 9.55 Å². The summed E-state index contributed by atoms with van der Waals surface area (Å²) in [6.45, 7) is 2.02. The topological polar surface area (TPSA) is 127 Å². The lowest BCUT2D eigenvalue weighted by atomic mass is 10.2. The average molecular weight is 412 g/mol. The van der Waals surface area contributed by atoms with Crippen LogP contribution in [-0.2, 0) is 0 Å². The molecule has 152 valence electrons. The Morgan fingerprint density at radius 3 is 2.81 bits per heavy atom. The Hall–Kier alpha value is -4.60. The maximum Gasteiger partial charge on any atom is 0.269 e. The largest absolute Gasteiger partial charge is 0.338 e. The molecule has 3 heterocycles. The van der Waals surface area contributed by atoms with E-state index in [9.17, 15) is 10.1 Å². The van der Waals surface area contributed by atoms with Gasteiger partial charge in [-0.2, -0.15) is 10.1 Å². The summed E-state index contributed by atoms with van der Waals surface area (Å²) in [5.74, 6) is 0.264. The van der Waals surface area contributed by atoms with Gasteiger partial charge in [-0.3, -0.25) is 10.1 Å². The van der Waals surface area contributed by atoms with E-state index in [1.807, 2.05) is 48.0 Å². The van der Waals surface area contributed by atoms with Crippen molar-refractivity contribution in [3.05, 3.63) is 82.2 Å². The molecule has 0 bridgehead atoms. The van der Waals surface area contributed by atoms with Crippen LogP contribution >= 0.6 is 0 Å². The average Bonchev–Trinajstić information content (AvgIpc) is 3.38. The van der Waals surface area contributed by atoms with Gasteiger partial charge in [0, 0.05) is 34.9 Å². The van der Waals surface area contributed by atoms with Crippen LogP contribution in [0.1, 0.15) is 11.3 Å². The SMILES string of the molecule is Cc1ccc2[nH]c3nc(N/N=C\c4cccn4-c4ccc([N+](=O)[O-])cc4)nnc3c2c1. The van der Waals surface area contributed by atoms with Gasteiger partial charge in [0.05, 0.1) is 16.8 Å². The van der Waals surface area contributed by atoms with Crippen molar-refractivity contribution in [1.82, 2.24) is 24.7 Å². The predicted octanol–water partition coefficient (Wildman–Crippen LogP) is 3.96. The highest BCUT2D eigenvalue weighted by molar-refractivity contribution is 6.03. The lowest BCUT2D eigenvalue weighted by molar-refractivity contribution is -0.384. The van der Waals surface area contributed by atoms with Crippen LogP contribution in [0.15, 0.2) is 65.9 Å². The number of nitrogens with zero attached hydrogens (tertiary/aromatic N) is 6. The summed E-state index contributed by atoms with van der Waals surface area (Å²) in [6, 6.07) is 16.1. The highest BCUT2D eigenvalue weighted by Gasteiger charge is 2.09. The third-order valence-corrected chi connectivity index (χ3v) is 4.85. The molecule has 0 fully saturated rings. The fraction of sp³-hybridized carbons (Fsp3) is 0.0476. The second-order valence-corrected chi connectivity index (χ2v) is 6.95. The van der Waals surface area contributed by atoms with E-state index in [2.05, 4.69) is 30.7 Å². The minimum atomic E-state index is -0.426. The minimum Gasteiger partial charge on any atom is -0.338 e. The van der Waals surface area contributed by atoms with Gasteiger partial charge in [0.15, 0.2) is 5.65 Å². The Balaban J connectivity index is 1.37. The molecule has 0 aliphatic carbocycles. The molecule has 5 rings (SSSR count). The summed E-state index contributed by atoms with van der Waals surface area (Å²) in [6.07, 6.45) is 3.46. The van der Waals surface area contributed by atoms with Gasteiger partial charge in [0.25, 0.3) is 11.6 Å². The van der Waals surface area contributed by atoms with Crippen molar-refractivity contribution in [2.24, 2.45) is 5.10 Å². The molecule has 0 amide bonds. The molecule has 2 N–H and O–H groups in total. The number of aryl methyl sites for hydroxylation is 1. The number of aromatic nitrogens is 5. The maximum absolute atomic E-state index is 10.8. The molecule has 0 atom stereocenters. The van der Waals surface area contributed by atoms with E-state index in [1.54, 1.807) is 18.3 Å². The number of fused-ring (bicyclic) bond motifs is 3. The lowest BCUT2D eigenvalue weighted by Crippen LogP contribution is -2.02. The van der Waals surface area contributed by atoms with Crippen LogP contribution < -0.4 is 5.43 Å². The van der Waals surface area contributed by atoms with Crippen molar-refractivity contribution in [1.29, 1.82) is 0 Å². The highest BCUT2D eigenvalue weighted by Crippen LogP contribution is 2.23. The molecular formula is C21H16N8O2. The summed E-state index contributed by atoms with van der Waals surface area (Å²) in [5, 5.41) is 24.4. The summed E-state index contributed by atoms with van der Waals surface area (Å²) in [5.41, 5.74) is 7.82. The van der Waals surface area contributed by atoms with Gasteiger partial charge in [0.2, 0.25) is 0 Å². The Labute approximate surface area is 175 Å². The monoisotopic (exact) mass is 412 g/mol. The number of nitrogens with one attached hydrogen (secondary N) is 2. The molecule has 2 aromatic carbocycles. The number of rotatable bonds is 5. The first-order valence-electron chi connectivity index (χ1n) is 9.42. The third-order valence-electron chi connectivity index (χ3n) is 4.85. The number of non-ortho nitro benzene ring substituents is 1. The van der Waals surface area contributed by atoms with Crippen LogP contribution in [0.5, 0.6) is 0 Å². The van der Waals surface area contributed by atoms with E-state index in [4.69, 9.17) is 0 Å². The quantitative estimate of drug-likeness (QED) is 0.256. The zero-order valence-electron chi connectivity index (χ0n) is 16.4. The third kappa shape index (κ3) is 3.46. The molecule has 10 nitrogen and oxygen atoms in total. The molecule has 0 unspecified atom stereocenters. The van der Waals surface area contributed by atoms with Crippen LogP contribution in [-0.4, -0.2) is 35.9 Å². The molecule has 0 radical (unpaired) electrons. The number of hydrazone groups is 1. The molecule has 5 aromatic rings. The summed E-state index contributed by atoms with van der Waals surface area (Å²) in [4.78, 5) is 18.1. The Bertz CT molecular complexity index is 1450. The van der Waals surface area contributed by atoms with E-state index in [0.29, 0.717) is 11.2 Å². The van der Waals surface area contributed by atoms with Crippen LogP contribution in [0.4, 0.5) is 11.6 Å². The number of benzene rings is 2. The molecule has 0 spiro atoms. The molecule has 0 saturated carbocycles. The van der Waals surface area contributed by atoms with Crippen LogP contribution in [0.2, 0.25) is 0 Å². The molecule has 10 heteroatoms. The number of anilines is 1. The number of H-pyrrole nitrogens is 1. The van der Waals surface area contributed by atoms with E-state index in [-0.39, 0.29) is 11.6 Å². The standard InChI is InChI=1S/C21H16N8O2/c1-13-4-9-18-17(11-13)19-20(23-18)24-21(27-25-19)26-22-12-16-3-2-10-28(16)14-5-7-15(8-6-14)29(30)31/h2-12H,1H3,(H2,23,24,26,27)/b22-12-. The lowest BCUT2D eigenvalue weighted by Gasteiger charge is -2.05. The first kappa shape index (κ1) is 18.4. The van der Waals surface area contributed by atoms with Gasteiger partial charge in [-0.1, -0.05) is 11.6 Å². The summed E-state index contributed by atoms with van der Waals surface area (Å²) >= 11 is 0. The van der Waals surface area contributed by atoms with Crippen LogP contribution in [0.25, 0.3) is 27.8 Å². The molecule has 0 aliphatic rings. The number of nitro groups is 1.